The number of carboxylic acid groups (broad SMARTS) is 4. The van der Waals surface area contributed by atoms with E-state index in [9.17, 15) is 60.2 Å². The van der Waals surface area contributed by atoms with Gasteiger partial charge >= 0.3 is 29.8 Å². The number of carbonyl (C=O) groups excluding carboxylic acids is 1. The molecule has 0 radical (unpaired) electrons. The van der Waals surface area contributed by atoms with Gasteiger partial charge in [0, 0.05) is 24.2 Å². The zero-order valence-electron chi connectivity index (χ0n) is 58.9. The quantitative estimate of drug-likeness (QED) is 0.0438. The Hall–Kier alpha value is -4.21. The first-order valence-corrected chi connectivity index (χ1v) is 36.2. The van der Waals surface area contributed by atoms with Crippen LogP contribution in [0.1, 0.15) is 219 Å². The van der Waals surface area contributed by atoms with Crippen LogP contribution in [0.15, 0.2) is 46.8 Å². The SMILES string of the molecule is C=C1CC[C@@H]2[C@H](C1OO)[C@H]([C@@H](C)C(=O)O)CC[C@H]2C.CC1=CC[C@@H]2[C@H](C1OO)[C@H]([C@@H](C)C(=O)O)CC[C@H]2C.CC1=C[C@H]2[C@@H](CC1)[C@H](C)CC[C@H]2[C@@H](C)C(=O)O.CC1CC[C@@H]2C(=C1OO)[C@H]([C@@H](C)C(=O)O)CC[C@H]2C.C[C@@H]1CC[C@H]2[C@@H](C)C(=O)O[C@@H]3O[C@@]4(C)CC[C@@H]1[C@]32OO4. The number of aliphatic carboxylic acids is 4. The summed E-state index contributed by atoms with van der Waals surface area (Å²) in [7, 11) is 0. The molecule has 29 atom stereocenters. The van der Waals surface area contributed by atoms with E-state index >= 15 is 0 Å². The maximum Gasteiger partial charge on any atom is 0.311 e. The minimum Gasteiger partial charge on any atom is -0.481 e. The number of carboxylic acids is 4. The van der Waals surface area contributed by atoms with E-state index in [-0.39, 0.29) is 71.3 Å². The van der Waals surface area contributed by atoms with Gasteiger partial charge in [0.1, 0.15) is 18.0 Å². The summed E-state index contributed by atoms with van der Waals surface area (Å²) in [5, 5.41) is 64.8. The van der Waals surface area contributed by atoms with Gasteiger partial charge in [0.15, 0.2) is 5.60 Å². The summed E-state index contributed by atoms with van der Waals surface area (Å²) in [5.41, 5.74) is 3.86. The highest BCUT2D eigenvalue weighted by Crippen LogP contribution is 2.61. The van der Waals surface area contributed by atoms with Crippen LogP contribution in [0.2, 0.25) is 0 Å². The van der Waals surface area contributed by atoms with Gasteiger partial charge in [-0.1, -0.05) is 120 Å². The third kappa shape index (κ3) is 15.5. The molecule has 4 heterocycles. The summed E-state index contributed by atoms with van der Waals surface area (Å²) >= 11 is 0. The van der Waals surface area contributed by atoms with Crippen LogP contribution in [0.5, 0.6) is 0 Å². The van der Waals surface area contributed by atoms with Crippen LogP contribution in [-0.4, -0.2) is 95.9 Å². The second-order valence-corrected chi connectivity index (χ2v) is 32.2. The predicted octanol–water partition coefficient (Wildman–Crippen LogP) is 16.1. The molecule has 13 aliphatic rings. The Kier molecular flexibility index (Phi) is 25.5. The molecule has 3 unspecified atom stereocenters. The minimum atomic E-state index is -0.793. The van der Waals surface area contributed by atoms with Crippen LogP contribution in [0, 0.1) is 142 Å². The van der Waals surface area contributed by atoms with Gasteiger partial charge < -0.3 is 34.8 Å². The van der Waals surface area contributed by atoms with Crippen molar-refractivity contribution < 1.29 is 94.1 Å². The molecule has 10 fully saturated rings. The van der Waals surface area contributed by atoms with E-state index in [1.807, 2.05) is 34.6 Å². The summed E-state index contributed by atoms with van der Waals surface area (Å²) in [6, 6.07) is 0. The first-order valence-electron chi connectivity index (χ1n) is 36.2. The minimum absolute atomic E-state index is 0.00333. The average Bonchev–Trinajstić information content (AvgIpc) is 1.37. The Morgan fingerprint density at radius 2 is 1.12 bits per heavy atom. The van der Waals surface area contributed by atoms with Crippen molar-refractivity contribution in [1.82, 2.24) is 0 Å². The van der Waals surface area contributed by atoms with Crippen molar-refractivity contribution in [3.63, 3.8) is 0 Å². The summed E-state index contributed by atoms with van der Waals surface area (Å²) in [6.07, 6.45) is 22.6. The van der Waals surface area contributed by atoms with Crippen molar-refractivity contribution in [3.8, 4) is 0 Å². The monoisotopic (exact) mass is 1320 g/mol. The van der Waals surface area contributed by atoms with Crippen molar-refractivity contribution >= 4 is 29.8 Å². The lowest BCUT2D eigenvalue weighted by Gasteiger charge is -2.57. The molecule has 6 saturated carbocycles. The Morgan fingerprint density at radius 3 is 1.70 bits per heavy atom. The smallest absolute Gasteiger partial charge is 0.311 e. The van der Waals surface area contributed by atoms with E-state index in [4.69, 9.17) is 24.1 Å². The average molecular weight is 1320 g/mol. The second kappa shape index (κ2) is 31.8. The molecule has 9 aliphatic carbocycles. The molecule has 13 rings (SSSR count). The molecular weight excluding hydrogens is 1200 g/mol. The van der Waals surface area contributed by atoms with Crippen LogP contribution in [-0.2, 0) is 57.9 Å². The van der Waals surface area contributed by atoms with E-state index < -0.39 is 59.5 Å². The number of esters is 1. The van der Waals surface area contributed by atoms with Gasteiger partial charge in [0.25, 0.3) is 0 Å². The molecule has 2 bridgehead atoms. The number of rotatable bonds is 11. The molecule has 0 amide bonds. The van der Waals surface area contributed by atoms with E-state index in [1.54, 1.807) is 20.8 Å². The van der Waals surface area contributed by atoms with Gasteiger partial charge in [-0.05, 0) is 228 Å². The highest BCUT2D eigenvalue weighted by atomic mass is 17.3. The fourth-order valence-corrected chi connectivity index (χ4v) is 20.7. The highest BCUT2D eigenvalue weighted by Gasteiger charge is 2.70. The summed E-state index contributed by atoms with van der Waals surface area (Å²) < 4.78 is 11.6. The lowest BCUT2D eigenvalue weighted by molar-refractivity contribution is -0.559. The molecule has 19 nitrogen and oxygen atoms in total. The van der Waals surface area contributed by atoms with Crippen LogP contribution >= 0.6 is 0 Å². The maximum atomic E-state index is 12.1. The van der Waals surface area contributed by atoms with Crippen LogP contribution in [0.3, 0.4) is 0 Å². The number of ether oxygens (including phenoxy) is 2. The standard InChI is InChI=1S/C15H22O5.3C15H24O4.C15H24O2/c1-8-4-5-11-9(2)12(16)17-13-15(11)10(8)6-7-14(3,18-13)19-20-15;3*1-8-4-7-12(10(3)15(16)17)13-11(8)6-5-9(2)14(13)19-18;1-9-4-6-12-10(2)5-7-13(14(12)8-9)11(3)15(16)17/h8-11,13H,4-7H2,1-3H3;8-12,18H,4-7H2,1-3H3,(H,16,17);5,8,10-14,18H,4,6-7H2,1-3H3,(H,16,17);8,10-14,18H,2,4-7H2,1,3H3,(H,16,17);8,10-14H,4-7H2,1-3H3,(H,16,17)/t8-,9-,10+,11+,13-,14-,15-;8-,9?,10-,11+,12+;2*8-,10-,11+,12+,13+,14?;10-,11-,12+,13+,14+/m11111/s1. The number of allylic oxidation sites excluding steroid dienone is 5. The summed E-state index contributed by atoms with van der Waals surface area (Å²) in [5.74, 6) is 1.99. The lowest BCUT2D eigenvalue weighted by atomic mass is 9.57. The largest absolute Gasteiger partial charge is 0.481 e. The number of hydrogen-bond donors (Lipinski definition) is 7. The molecule has 19 heteroatoms. The molecule has 4 saturated heterocycles. The Morgan fingerprint density at radius 1 is 0.585 bits per heavy atom. The highest BCUT2D eigenvalue weighted by molar-refractivity contribution is 5.74. The Labute approximate surface area is 559 Å². The first kappa shape index (κ1) is 75.6. The van der Waals surface area contributed by atoms with Gasteiger partial charge in [-0.25, -0.2) is 24.8 Å². The molecular formula is C75H118O19. The maximum absolute atomic E-state index is 12.1. The van der Waals surface area contributed by atoms with Gasteiger partial charge in [-0.2, -0.15) is 0 Å². The Balaban J connectivity index is 0.000000151. The van der Waals surface area contributed by atoms with Gasteiger partial charge in [0.05, 0.1) is 29.6 Å². The fraction of sp³-hybridized carbons (Fsp3) is 0.827. The predicted molar refractivity (Wildman–Crippen MR) is 351 cm³/mol. The third-order valence-corrected chi connectivity index (χ3v) is 26.9. The van der Waals surface area contributed by atoms with Gasteiger partial charge in [-0.3, -0.25) is 34.5 Å². The third-order valence-electron chi connectivity index (χ3n) is 26.9. The number of fused-ring (bicyclic) bond motifs is 6. The molecule has 532 valence electrons. The topological polar surface area (TPSA) is 292 Å². The van der Waals surface area contributed by atoms with Crippen molar-refractivity contribution in [3.05, 3.63) is 46.8 Å². The van der Waals surface area contributed by atoms with Crippen molar-refractivity contribution in [2.75, 3.05) is 0 Å². The normalized spacial score (nSPS) is 43.1. The molecule has 1 spiro atoms. The molecule has 94 heavy (non-hydrogen) atoms. The molecule has 4 aliphatic heterocycles. The van der Waals surface area contributed by atoms with Gasteiger partial charge in [-0.15, -0.1) is 0 Å². The number of carbonyl (C=O) groups is 5. The summed E-state index contributed by atoms with van der Waals surface area (Å²) in [4.78, 5) is 82.9. The van der Waals surface area contributed by atoms with Crippen molar-refractivity contribution in [2.24, 2.45) is 142 Å². The molecule has 0 aromatic rings. The van der Waals surface area contributed by atoms with Crippen LogP contribution < -0.4 is 0 Å². The van der Waals surface area contributed by atoms with Crippen LogP contribution in [0.25, 0.3) is 0 Å². The van der Waals surface area contributed by atoms with E-state index in [1.165, 1.54) is 24.8 Å². The fourth-order valence-electron chi connectivity index (χ4n) is 20.7. The van der Waals surface area contributed by atoms with Crippen molar-refractivity contribution in [1.29, 1.82) is 0 Å². The van der Waals surface area contributed by atoms with Crippen LogP contribution in [0.4, 0.5) is 0 Å². The first-order chi connectivity index (χ1) is 44.4. The number of hydrogen-bond acceptors (Lipinski definition) is 15. The van der Waals surface area contributed by atoms with E-state index in [0.29, 0.717) is 64.9 Å². The Bertz CT molecular complexity index is 2730. The molecule has 7 N–H and O–H groups in total. The summed E-state index contributed by atoms with van der Waals surface area (Å²) in [6.45, 7) is 32.5. The van der Waals surface area contributed by atoms with Gasteiger partial charge in [0.2, 0.25) is 12.1 Å². The molecule has 0 aromatic carbocycles. The zero-order chi connectivity index (χ0) is 69.2. The van der Waals surface area contributed by atoms with E-state index in [0.717, 1.165) is 131 Å². The lowest BCUT2D eigenvalue weighted by Crippen LogP contribution is -2.69. The van der Waals surface area contributed by atoms with Crippen molar-refractivity contribution in [2.45, 2.75) is 249 Å². The second-order valence-electron chi connectivity index (χ2n) is 32.2. The van der Waals surface area contributed by atoms with E-state index in [2.05, 4.69) is 70.0 Å². The molecule has 0 aromatic heterocycles. The zero-order valence-corrected chi connectivity index (χ0v) is 58.9.